The van der Waals surface area contributed by atoms with Crippen molar-refractivity contribution >= 4 is 33.4 Å². The first-order chi connectivity index (χ1) is 10.4. The number of nitrogens with two attached hydrogens (primary N) is 1. The van der Waals surface area contributed by atoms with E-state index in [0.717, 1.165) is 10.2 Å². The van der Waals surface area contributed by atoms with E-state index in [1.54, 1.807) is 15.6 Å². The highest BCUT2D eigenvalue weighted by atomic mass is 79.9. The monoisotopic (exact) mass is 368 g/mol. The summed E-state index contributed by atoms with van der Waals surface area (Å²) in [5.41, 5.74) is 6.51. The van der Waals surface area contributed by atoms with E-state index in [0.29, 0.717) is 18.8 Å². The predicted molar refractivity (Wildman–Crippen MR) is 84.3 cm³/mol. The number of carbonyl (C=O) groups excluding carboxylic acids is 2. The van der Waals surface area contributed by atoms with Crippen molar-refractivity contribution in [3.63, 3.8) is 0 Å². The van der Waals surface area contributed by atoms with Gasteiger partial charge in [0, 0.05) is 31.9 Å². The van der Waals surface area contributed by atoms with E-state index in [1.807, 2.05) is 20.0 Å². The summed E-state index contributed by atoms with van der Waals surface area (Å²) in [6, 6.07) is 0. The number of halogens is 1. The fourth-order valence-electron chi connectivity index (χ4n) is 1.89. The predicted octanol–water partition coefficient (Wildman–Crippen LogP) is 1.30. The zero-order chi connectivity index (χ0) is 16.3. The number of aromatic nitrogens is 4. The molecule has 0 saturated heterocycles. The molecule has 2 aromatic rings. The van der Waals surface area contributed by atoms with Gasteiger partial charge < -0.3 is 11.1 Å². The van der Waals surface area contributed by atoms with Gasteiger partial charge in [-0.25, -0.2) is 0 Å². The number of anilines is 1. The number of hydrogen-bond acceptors (Lipinski definition) is 4. The third-order valence-corrected chi connectivity index (χ3v) is 3.83. The average Bonchev–Trinajstić information content (AvgIpc) is 3.01. The molecule has 0 fully saturated rings. The van der Waals surface area contributed by atoms with Gasteiger partial charge in [0.1, 0.15) is 0 Å². The maximum absolute atomic E-state index is 12.0. The standard InChI is InChI=1S/C13H17BrN6O2/c1-3-19-7-10(12(18-19)13(15)22)16-11(21)4-5-20-6-9(14)8(2)17-20/h6-7H,3-5H2,1-2H3,(H2,15,22)(H,16,21). The number of nitrogens with one attached hydrogen (secondary N) is 1. The molecule has 0 aliphatic rings. The Hall–Kier alpha value is -2.16. The molecule has 0 saturated carbocycles. The minimum atomic E-state index is -0.672. The zero-order valence-electron chi connectivity index (χ0n) is 12.3. The average molecular weight is 369 g/mol. The van der Waals surface area contributed by atoms with Crippen LogP contribution in [0.3, 0.4) is 0 Å². The zero-order valence-corrected chi connectivity index (χ0v) is 13.9. The highest BCUT2D eigenvalue weighted by Crippen LogP contribution is 2.15. The number of hydrogen-bond donors (Lipinski definition) is 2. The third-order valence-electron chi connectivity index (χ3n) is 3.05. The lowest BCUT2D eigenvalue weighted by Crippen LogP contribution is -2.19. The van der Waals surface area contributed by atoms with Crippen molar-refractivity contribution in [2.75, 3.05) is 5.32 Å². The summed E-state index contributed by atoms with van der Waals surface area (Å²) in [7, 11) is 0. The Morgan fingerprint density at radius 1 is 1.32 bits per heavy atom. The number of aryl methyl sites for hydroxylation is 3. The van der Waals surface area contributed by atoms with Crippen LogP contribution in [0.2, 0.25) is 0 Å². The lowest BCUT2D eigenvalue weighted by molar-refractivity contribution is -0.116. The van der Waals surface area contributed by atoms with Crippen molar-refractivity contribution in [1.29, 1.82) is 0 Å². The van der Waals surface area contributed by atoms with E-state index >= 15 is 0 Å². The van der Waals surface area contributed by atoms with Crippen LogP contribution in [0.25, 0.3) is 0 Å². The van der Waals surface area contributed by atoms with Gasteiger partial charge in [-0.15, -0.1) is 0 Å². The van der Waals surface area contributed by atoms with Crippen molar-refractivity contribution < 1.29 is 9.59 Å². The van der Waals surface area contributed by atoms with Gasteiger partial charge in [0.25, 0.3) is 5.91 Å². The second kappa shape index (κ2) is 6.73. The van der Waals surface area contributed by atoms with Gasteiger partial charge in [-0.2, -0.15) is 10.2 Å². The lowest BCUT2D eigenvalue weighted by Gasteiger charge is -2.04. The minimum Gasteiger partial charge on any atom is -0.364 e. The highest BCUT2D eigenvalue weighted by Gasteiger charge is 2.16. The Labute approximate surface area is 135 Å². The summed E-state index contributed by atoms with van der Waals surface area (Å²) in [6.45, 7) is 4.77. The lowest BCUT2D eigenvalue weighted by atomic mass is 10.3. The van der Waals surface area contributed by atoms with Crippen LogP contribution in [0.15, 0.2) is 16.9 Å². The van der Waals surface area contributed by atoms with Crippen LogP contribution >= 0.6 is 15.9 Å². The smallest absolute Gasteiger partial charge is 0.271 e. The molecule has 0 bridgehead atoms. The van der Waals surface area contributed by atoms with E-state index in [-0.39, 0.29) is 18.0 Å². The van der Waals surface area contributed by atoms with Gasteiger partial charge in [0.2, 0.25) is 5.91 Å². The maximum atomic E-state index is 12.0. The van der Waals surface area contributed by atoms with Gasteiger partial charge in [-0.1, -0.05) is 0 Å². The number of rotatable bonds is 6. The maximum Gasteiger partial charge on any atom is 0.271 e. The fraction of sp³-hybridized carbons (Fsp3) is 0.385. The Kier molecular flexibility index (Phi) is 4.96. The first-order valence-electron chi connectivity index (χ1n) is 6.77. The first kappa shape index (κ1) is 16.2. The number of nitrogens with zero attached hydrogens (tertiary/aromatic N) is 4. The van der Waals surface area contributed by atoms with Crippen LogP contribution in [0.5, 0.6) is 0 Å². The van der Waals surface area contributed by atoms with Crippen LogP contribution < -0.4 is 11.1 Å². The summed E-state index contributed by atoms with van der Waals surface area (Å²) in [6.07, 6.45) is 3.63. The van der Waals surface area contributed by atoms with Crippen LogP contribution in [-0.4, -0.2) is 31.4 Å². The molecule has 2 heterocycles. The normalized spacial score (nSPS) is 10.7. The molecule has 0 aliphatic carbocycles. The molecular weight excluding hydrogens is 352 g/mol. The molecule has 3 N–H and O–H groups in total. The van der Waals surface area contributed by atoms with E-state index < -0.39 is 5.91 Å². The Bertz CT molecular complexity index is 686. The fourth-order valence-corrected chi connectivity index (χ4v) is 2.21. The second-order valence-corrected chi connectivity index (χ2v) is 5.59. The van der Waals surface area contributed by atoms with Crippen molar-refractivity contribution in [3.05, 3.63) is 28.3 Å². The van der Waals surface area contributed by atoms with Gasteiger partial charge in [0.05, 0.1) is 15.9 Å². The van der Waals surface area contributed by atoms with Crippen molar-refractivity contribution in [1.82, 2.24) is 19.6 Å². The molecule has 118 valence electrons. The molecule has 22 heavy (non-hydrogen) atoms. The Morgan fingerprint density at radius 3 is 2.59 bits per heavy atom. The van der Waals surface area contributed by atoms with Crippen LogP contribution in [-0.2, 0) is 17.9 Å². The molecule has 0 radical (unpaired) electrons. The highest BCUT2D eigenvalue weighted by molar-refractivity contribution is 9.10. The molecule has 8 nitrogen and oxygen atoms in total. The molecular formula is C13H17BrN6O2. The summed E-state index contributed by atoms with van der Waals surface area (Å²) in [5.74, 6) is -0.906. The summed E-state index contributed by atoms with van der Waals surface area (Å²) in [4.78, 5) is 23.3. The largest absolute Gasteiger partial charge is 0.364 e. The molecule has 0 atom stereocenters. The van der Waals surface area contributed by atoms with E-state index in [1.165, 1.54) is 0 Å². The second-order valence-electron chi connectivity index (χ2n) is 4.74. The van der Waals surface area contributed by atoms with Crippen LogP contribution in [0.1, 0.15) is 29.5 Å². The molecule has 0 spiro atoms. The molecule has 2 amide bonds. The molecule has 9 heteroatoms. The number of amides is 2. The number of primary amides is 1. The summed E-state index contributed by atoms with van der Waals surface area (Å²) >= 11 is 3.37. The molecule has 2 rings (SSSR count). The van der Waals surface area contributed by atoms with E-state index in [9.17, 15) is 9.59 Å². The van der Waals surface area contributed by atoms with Crippen molar-refractivity contribution in [2.24, 2.45) is 5.73 Å². The minimum absolute atomic E-state index is 0.0629. The number of carbonyl (C=O) groups is 2. The van der Waals surface area contributed by atoms with E-state index in [4.69, 9.17) is 5.73 Å². The topological polar surface area (TPSA) is 108 Å². The van der Waals surface area contributed by atoms with Gasteiger partial charge in [-0.05, 0) is 29.8 Å². The van der Waals surface area contributed by atoms with Crippen LogP contribution in [0.4, 0.5) is 5.69 Å². The van der Waals surface area contributed by atoms with Crippen molar-refractivity contribution in [3.8, 4) is 0 Å². The summed E-state index contributed by atoms with van der Waals surface area (Å²) in [5, 5.41) is 10.9. The summed E-state index contributed by atoms with van der Waals surface area (Å²) < 4.78 is 4.13. The SMILES string of the molecule is CCn1cc(NC(=O)CCn2cc(Br)c(C)n2)c(C(N)=O)n1. The van der Waals surface area contributed by atoms with Gasteiger partial charge >= 0.3 is 0 Å². The van der Waals surface area contributed by atoms with Gasteiger partial charge in [0.15, 0.2) is 5.69 Å². The van der Waals surface area contributed by atoms with E-state index in [2.05, 4.69) is 31.4 Å². The first-order valence-corrected chi connectivity index (χ1v) is 7.56. The Morgan fingerprint density at radius 2 is 2.05 bits per heavy atom. The molecule has 2 aromatic heterocycles. The van der Waals surface area contributed by atoms with Crippen molar-refractivity contribution in [2.45, 2.75) is 33.4 Å². The molecule has 0 aromatic carbocycles. The Balaban J connectivity index is 1.99. The van der Waals surface area contributed by atoms with Gasteiger partial charge in [-0.3, -0.25) is 19.0 Å². The third kappa shape index (κ3) is 3.73. The molecule has 0 unspecified atom stereocenters. The quantitative estimate of drug-likeness (QED) is 0.800. The molecule has 0 aliphatic heterocycles. The van der Waals surface area contributed by atoms with Crippen LogP contribution in [0, 0.1) is 6.92 Å².